The Kier molecular flexibility index (Phi) is 4.37. The van der Waals surface area contributed by atoms with E-state index in [0.717, 1.165) is 10.4 Å². The fourth-order valence-corrected chi connectivity index (χ4v) is 3.44. The van der Waals surface area contributed by atoms with Gasteiger partial charge in [0.05, 0.1) is 5.37 Å². The lowest BCUT2D eigenvalue weighted by Gasteiger charge is -2.12. The van der Waals surface area contributed by atoms with Crippen LogP contribution < -0.4 is 5.32 Å². The summed E-state index contributed by atoms with van der Waals surface area (Å²) in [5.41, 5.74) is 2.26. The number of nitrogens with one attached hydrogen (secondary N) is 1. The topological polar surface area (TPSA) is 49.3 Å². The summed E-state index contributed by atoms with van der Waals surface area (Å²) in [6.07, 6.45) is 0.701. The van der Waals surface area contributed by atoms with Gasteiger partial charge in [-0.1, -0.05) is 42.0 Å². The molecule has 2 rings (SSSR count). The molecule has 0 spiro atoms. The quantitative estimate of drug-likeness (QED) is 0.654. The first-order valence-electron chi connectivity index (χ1n) is 5.76. The highest BCUT2D eigenvalue weighted by atomic mass is 32.2. The maximum atomic E-state index is 10.8. The summed E-state index contributed by atoms with van der Waals surface area (Å²) in [5, 5.41) is 12.1. The number of carbonyl (C=O) groups is 1. The van der Waals surface area contributed by atoms with Crippen molar-refractivity contribution in [2.24, 2.45) is 0 Å². The Bertz CT molecular complexity index is 459. The minimum Gasteiger partial charge on any atom is -0.480 e. The van der Waals surface area contributed by atoms with Crippen LogP contribution in [0.5, 0.6) is 0 Å². The second kappa shape index (κ2) is 5.82. The standard InChI is InChI=1S/C13H15NO2S2/c1-8-2-4-9(5-3-8)11(17)6-12-14-10(7-18-12)13(15)16/h2-5,10,12,14H,6-7H2,1H3,(H,15,16). The maximum absolute atomic E-state index is 10.8. The van der Waals surface area contributed by atoms with E-state index in [4.69, 9.17) is 17.3 Å². The first kappa shape index (κ1) is 13.5. The van der Waals surface area contributed by atoms with Gasteiger partial charge in [0.1, 0.15) is 6.04 Å². The van der Waals surface area contributed by atoms with Gasteiger partial charge in [-0.05, 0) is 12.5 Å². The molecule has 3 nitrogen and oxygen atoms in total. The molecule has 1 fully saturated rings. The number of thioether (sulfide) groups is 1. The van der Waals surface area contributed by atoms with Crippen LogP contribution in [0.2, 0.25) is 0 Å². The van der Waals surface area contributed by atoms with E-state index in [-0.39, 0.29) is 5.37 Å². The van der Waals surface area contributed by atoms with Gasteiger partial charge in [0.15, 0.2) is 0 Å². The summed E-state index contributed by atoms with van der Waals surface area (Å²) >= 11 is 7.03. The first-order valence-corrected chi connectivity index (χ1v) is 7.22. The summed E-state index contributed by atoms with van der Waals surface area (Å²) in [7, 11) is 0. The van der Waals surface area contributed by atoms with Gasteiger partial charge in [-0.2, -0.15) is 0 Å². The molecule has 18 heavy (non-hydrogen) atoms. The van der Waals surface area contributed by atoms with Gasteiger partial charge in [0.25, 0.3) is 0 Å². The van der Waals surface area contributed by atoms with Gasteiger partial charge in [0, 0.05) is 17.0 Å². The zero-order chi connectivity index (χ0) is 13.1. The summed E-state index contributed by atoms with van der Waals surface area (Å²) in [5.74, 6) is -0.178. The Hall–Kier alpha value is -0.910. The second-order valence-electron chi connectivity index (χ2n) is 4.37. The summed E-state index contributed by atoms with van der Waals surface area (Å²) in [4.78, 5) is 11.7. The van der Waals surface area contributed by atoms with Crippen LogP contribution in [0.4, 0.5) is 0 Å². The van der Waals surface area contributed by atoms with E-state index >= 15 is 0 Å². The summed E-state index contributed by atoms with van der Waals surface area (Å²) < 4.78 is 0. The smallest absolute Gasteiger partial charge is 0.321 e. The fraction of sp³-hybridized carbons (Fsp3) is 0.385. The van der Waals surface area contributed by atoms with E-state index in [9.17, 15) is 4.79 Å². The third kappa shape index (κ3) is 3.31. The predicted molar refractivity (Wildman–Crippen MR) is 78.3 cm³/mol. The SMILES string of the molecule is Cc1ccc(C(=S)CC2NC(C(=O)O)CS2)cc1. The molecule has 1 aromatic rings. The monoisotopic (exact) mass is 281 g/mol. The van der Waals surface area contributed by atoms with Crippen LogP contribution in [-0.2, 0) is 4.79 Å². The number of hydrogen-bond donors (Lipinski definition) is 2. The lowest BCUT2D eigenvalue weighted by Crippen LogP contribution is -2.37. The summed E-state index contributed by atoms with van der Waals surface area (Å²) in [6.45, 7) is 2.04. The van der Waals surface area contributed by atoms with Crippen molar-refractivity contribution in [1.82, 2.24) is 5.32 Å². The predicted octanol–water partition coefficient (Wildman–Crippen LogP) is 2.22. The number of aliphatic carboxylic acids is 1. The van der Waals surface area contributed by atoms with Gasteiger partial charge in [-0.25, -0.2) is 0 Å². The van der Waals surface area contributed by atoms with Crippen LogP contribution in [0.1, 0.15) is 17.5 Å². The molecule has 2 N–H and O–H groups in total. The van der Waals surface area contributed by atoms with Gasteiger partial charge >= 0.3 is 5.97 Å². The fourth-order valence-electron chi connectivity index (χ4n) is 1.82. The molecule has 1 aliphatic rings. The Morgan fingerprint density at radius 3 is 2.72 bits per heavy atom. The lowest BCUT2D eigenvalue weighted by atomic mass is 10.1. The zero-order valence-electron chi connectivity index (χ0n) is 10.1. The van der Waals surface area contributed by atoms with E-state index < -0.39 is 12.0 Å². The minimum atomic E-state index is -0.786. The molecule has 0 aliphatic carbocycles. The van der Waals surface area contributed by atoms with Crippen molar-refractivity contribution in [2.75, 3.05) is 5.75 Å². The number of benzene rings is 1. The molecule has 2 atom stereocenters. The number of rotatable bonds is 4. The van der Waals surface area contributed by atoms with Crippen LogP contribution >= 0.6 is 24.0 Å². The van der Waals surface area contributed by atoms with Crippen molar-refractivity contribution in [2.45, 2.75) is 24.8 Å². The van der Waals surface area contributed by atoms with Crippen molar-refractivity contribution in [3.8, 4) is 0 Å². The molecule has 5 heteroatoms. The number of carboxylic acids is 1. The van der Waals surface area contributed by atoms with E-state index in [1.165, 1.54) is 5.56 Å². The molecule has 0 bridgehead atoms. The molecule has 1 aromatic carbocycles. The van der Waals surface area contributed by atoms with Crippen molar-refractivity contribution < 1.29 is 9.90 Å². The van der Waals surface area contributed by atoms with Gasteiger partial charge in [-0.3, -0.25) is 10.1 Å². The molecular formula is C13H15NO2S2. The van der Waals surface area contributed by atoms with E-state index in [1.807, 2.05) is 31.2 Å². The molecule has 0 amide bonds. The van der Waals surface area contributed by atoms with Crippen LogP contribution in [0.15, 0.2) is 24.3 Å². The Morgan fingerprint density at radius 2 is 2.17 bits per heavy atom. The Labute approximate surface area is 116 Å². The highest BCUT2D eigenvalue weighted by molar-refractivity contribution is 8.00. The number of thiocarbonyl (C=S) groups is 1. The third-order valence-corrected chi connectivity index (χ3v) is 4.53. The molecule has 0 radical (unpaired) electrons. The highest BCUT2D eigenvalue weighted by Crippen LogP contribution is 2.23. The molecule has 0 saturated carbocycles. The van der Waals surface area contributed by atoms with Gasteiger partial charge in [-0.15, -0.1) is 11.8 Å². The minimum absolute atomic E-state index is 0.111. The third-order valence-electron chi connectivity index (χ3n) is 2.89. The number of hydrogen-bond acceptors (Lipinski definition) is 4. The van der Waals surface area contributed by atoms with Crippen LogP contribution in [-0.4, -0.2) is 33.1 Å². The second-order valence-corrected chi connectivity index (χ2v) is 6.10. The molecular weight excluding hydrogens is 266 g/mol. The molecule has 1 heterocycles. The molecule has 2 unspecified atom stereocenters. The van der Waals surface area contributed by atoms with Crippen molar-refractivity contribution in [3.05, 3.63) is 35.4 Å². The molecule has 96 valence electrons. The number of aryl methyl sites for hydroxylation is 1. The van der Waals surface area contributed by atoms with Crippen LogP contribution in [0.25, 0.3) is 0 Å². The van der Waals surface area contributed by atoms with Crippen molar-refractivity contribution in [3.63, 3.8) is 0 Å². The van der Waals surface area contributed by atoms with Crippen LogP contribution in [0.3, 0.4) is 0 Å². The average Bonchev–Trinajstić information content (AvgIpc) is 2.78. The number of carboxylic acid groups (broad SMARTS) is 1. The Balaban J connectivity index is 1.92. The van der Waals surface area contributed by atoms with Crippen molar-refractivity contribution in [1.29, 1.82) is 0 Å². The van der Waals surface area contributed by atoms with Gasteiger partial charge in [0.2, 0.25) is 0 Å². The van der Waals surface area contributed by atoms with Gasteiger partial charge < -0.3 is 5.11 Å². The highest BCUT2D eigenvalue weighted by Gasteiger charge is 2.29. The largest absolute Gasteiger partial charge is 0.480 e. The van der Waals surface area contributed by atoms with E-state index in [0.29, 0.717) is 12.2 Å². The zero-order valence-corrected chi connectivity index (χ0v) is 11.7. The average molecular weight is 281 g/mol. The molecule has 1 aliphatic heterocycles. The van der Waals surface area contributed by atoms with E-state index in [1.54, 1.807) is 11.8 Å². The maximum Gasteiger partial charge on any atom is 0.321 e. The molecule has 1 saturated heterocycles. The van der Waals surface area contributed by atoms with Crippen molar-refractivity contribution >= 4 is 34.8 Å². The molecule has 0 aromatic heterocycles. The summed E-state index contributed by atoms with van der Waals surface area (Å²) in [6, 6.07) is 7.67. The normalized spacial score (nSPS) is 22.9. The van der Waals surface area contributed by atoms with Crippen LogP contribution in [0, 0.1) is 6.92 Å². The Morgan fingerprint density at radius 1 is 1.50 bits per heavy atom. The first-order chi connectivity index (χ1) is 8.56. The lowest BCUT2D eigenvalue weighted by molar-refractivity contribution is -0.138. The van der Waals surface area contributed by atoms with E-state index in [2.05, 4.69) is 5.32 Å².